The van der Waals surface area contributed by atoms with Crippen LogP contribution in [0.3, 0.4) is 0 Å². The molecule has 0 radical (unpaired) electrons. The smallest absolute Gasteiger partial charge is 0.115 e. The van der Waals surface area contributed by atoms with Crippen molar-refractivity contribution in [2.75, 3.05) is 13.1 Å². The lowest BCUT2D eigenvalue weighted by molar-refractivity contribution is 0.475. The van der Waals surface area contributed by atoms with Crippen LogP contribution in [0.1, 0.15) is 13.8 Å². The van der Waals surface area contributed by atoms with Crippen LogP contribution in [0, 0.1) is 0 Å². The Morgan fingerprint density at radius 1 is 1.08 bits per heavy atom. The molecule has 76 valence electrons. The molecule has 0 bridgehead atoms. The van der Waals surface area contributed by atoms with E-state index in [1.807, 2.05) is 6.07 Å². The third-order valence-electron chi connectivity index (χ3n) is 1.26. The molecule has 0 fully saturated rings. The minimum absolute atomic E-state index is 0. The molecule has 1 aromatic rings. The van der Waals surface area contributed by atoms with Crippen molar-refractivity contribution in [2.24, 2.45) is 0 Å². The van der Waals surface area contributed by atoms with Gasteiger partial charge in [0.05, 0.1) is 0 Å². The molecule has 3 heteroatoms. The molecule has 0 saturated carbocycles. The van der Waals surface area contributed by atoms with Gasteiger partial charge in [-0.25, -0.2) is 0 Å². The molecular formula is C10H18FNO. The summed E-state index contributed by atoms with van der Waals surface area (Å²) >= 11 is 0. The van der Waals surface area contributed by atoms with Crippen molar-refractivity contribution in [1.29, 1.82) is 0 Å². The van der Waals surface area contributed by atoms with E-state index in [0.29, 0.717) is 5.75 Å². The Hall–Kier alpha value is -1.09. The first-order chi connectivity index (χ1) is 5.81. The van der Waals surface area contributed by atoms with Crippen LogP contribution in [0.25, 0.3) is 0 Å². The van der Waals surface area contributed by atoms with Crippen molar-refractivity contribution < 1.29 is 9.81 Å². The van der Waals surface area contributed by atoms with Crippen LogP contribution in [0.2, 0.25) is 0 Å². The van der Waals surface area contributed by atoms with Crippen LogP contribution >= 0.6 is 0 Å². The van der Waals surface area contributed by atoms with E-state index < -0.39 is 0 Å². The summed E-state index contributed by atoms with van der Waals surface area (Å²) in [7, 11) is 0. The van der Waals surface area contributed by atoms with E-state index in [4.69, 9.17) is 5.11 Å². The lowest BCUT2D eigenvalue weighted by atomic mass is 10.3. The lowest BCUT2D eigenvalue weighted by Gasteiger charge is -1.86. The van der Waals surface area contributed by atoms with Crippen molar-refractivity contribution in [3.8, 4) is 5.75 Å². The predicted molar refractivity (Wildman–Crippen MR) is 54.8 cm³/mol. The predicted octanol–water partition coefficient (Wildman–Crippen LogP) is 2.16. The third kappa shape index (κ3) is 10.9. The fraction of sp³-hybridized carbons (Fsp3) is 0.400. The maximum Gasteiger partial charge on any atom is 0.115 e. The van der Waals surface area contributed by atoms with Gasteiger partial charge < -0.3 is 10.4 Å². The Balaban J connectivity index is 0. The van der Waals surface area contributed by atoms with Gasteiger partial charge >= 0.3 is 0 Å². The Bertz CT molecular complexity index is 178. The van der Waals surface area contributed by atoms with Gasteiger partial charge in [0.2, 0.25) is 0 Å². The van der Waals surface area contributed by atoms with Crippen molar-refractivity contribution in [3.05, 3.63) is 30.3 Å². The Kier molecular flexibility index (Phi) is 12.1. The molecule has 0 spiro atoms. The molecule has 0 saturated heterocycles. The second-order valence-electron chi connectivity index (χ2n) is 2.29. The van der Waals surface area contributed by atoms with E-state index in [-0.39, 0.29) is 4.70 Å². The van der Waals surface area contributed by atoms with Crippen molar-refractivity contribution in [2.45, 2.75) is 13.8 Å². The standard InChI is InChI=1S/C6H6O.C4H11N.FH/c7-6-4-2-1-3-5-6;1-3-5-4-2;/h1-5,7H;5H,3-4H2,1-2H3;1H. The molecule has 0 aromatic heterocycles. The van der Waals surface area contributed by atoms with Gasteiger partial charge in [0, 0.05) is 0 Å². The average Bonchev–Trinajstić information content (AvgIpc) is 2.08. The Labute approximate surface area is 79.0 Å². The zero-order valence-corrected chi connectivity index (χ0v) is 8.16. The van der Waals surface area contributed by atoms with Crippen molar-refractivity contribution in [1.82, 2.24) is 5.32 Å². The van der Waals surface area contributed by atoms with Crippen LogP contribution in [-0.2, 0) is 0 Å². The highest BCUT2D eigenvalue weighted by atomic mass is 19.0. The zero-order valence-electron chi connectivity index (χ0n) is 8.16. The molecule has 0 atom stereocenters. The van der Waals surface area contributed by atoms with E-state index in [1.165, 1.54) is 0 Å². The largest absolute Gasteiger partial charge is 0.508 e. The molecule has 0 heterocycles. The molecular weight excluding hydrogens is 169 g/mol. The van der Waals surface area contributed by atoms with E-state index in [0.717, 1.165) is 13.1 Å². The topological polar surface area (TPSA) is 32.3 Å². The van der Waals surface area contributed by atoms with Crippen LogP contribution in [-0.4, -0.2) is 18.2 Å². The van der Waals surface area contributed by atoms with Gasteiger partial charge in [0.25, 0.3) is 0 Å². The number of hydrogen-bond donors (Lipinski definition) is 2. The van der Waals surface area contributed by atoms with Gasteiger partial charge in [-0.15, -0.1) is 0 Å². The van der Waals surface area contributed by atoms with Gasteiger partial charge in [-0.05, 0) is 25.2 Å². The second kappa shape index (κ2) is 10.9. The summed E-state index contributed by atoms with van der Waals surface area (Å²) in [5.41, 5.74) is 0. The summed E-state index contributed by atoms with van der Waals surface area (Å²) in [6.45, 7) is 6.39. The van der Waals surface area contributed by atoms with Crippen LogP contribution in [0.4, 0.5) is 4.70 Å². The number of nitrogens with one attached hydrogen (secondary N) is 1. The normalized spacial score (nSPS) is 7.85. The second-order valence-corrected chi connectivity index (χ2v) is 2.29. The summed E-state index contributed by atoms with van der Waals surface area (Å²) in [5, 5.41) is 11.7. The average molecular weight is 187 g/mol. The molecule has 2 N–H and O–H groups in total. The number of hydrogen-bond acceptors (Lipinski definition) is 2. The first-order valence-corrected chi connectivity index (χ1v) is 4.26. The van der Waals surface area contributed by atoms with E-state index >= 15 is 0 Å². The highest BCUT2D eigenvalue weighted by Crippen LogP contribution is 2.02. The Morgan fingerprint density at radius 3 is 1.69 bits per heavy atom. The number of rotatable bonds is 2. The van der Waals surface area contributed by atoms with Gasteiger partial charge in [-0.2, -0.15) is 0 Å². The highest BCUT2D eigenvalue weighted by Gasteiger charge is 1.74. The first kappa shape index (κ1) is 14.4. The number of para-hydroxylation sites is 1. The number of halogens is 1. The number of phenolic OH excluding ortho intramolecular Hbond substituents is 1. The maximum absolute atomic E-state index is 8.63. The molecule has 0 aliphatic heterocycles. The fourth-order valence-corrected chi connectivity index (χ4v) is 0.678. The lowest BCUT2D eigenvalue weighted by Crippen LogP contribution is -2.09. The first-order valence-electron chi connectivity index (χ1n) is 4.26. The van der Waals surface area contributed by atoms with Gasteiger partial charge in [0.15, 0.2) is 0 Å². The van der Waals surface area contributed by atoms with Crippen molar-refractivity contribution >= 4 is 0 Å². The highest BCUT2D eigenvalue weighted by molar-refractivity contribution is 5.18. The number of aromatic hydroxyl groups is 1. The third-order valence-corrected chi connectivity index (χ3v) is 1.26. The molecule has 0 aliphatic carbocycles. The van der Waals surface area contributed by atoms with Gasteiger partial charge in [-0.1, -0.05) is 32.0 Å². The summed E-state index contributed by atoms with van der Waals surface area (Å²) in [6.07, 6.45) is 0. The molecule has 0 unspecified atom stereocenters. The summed E-state index contributed by atoms with van der Waals surface area (Å²) in [4.78, 5) is 0. The van der Waals surface area contributed by atoms with E-state index in [2.05, 4.69) is 19.2 Å². The number of benzene rings is 1. The van der Waals surface area contributed by atoms with Crippen LogP contribution < -0.4 is 5.32 Å². The van der Waals surface area contributed by atoms with Crippen LogP contribution in [0.5, 0.6) is 5.75 Å². The number of phenols is 1. The molecule has 1 aromatic carbocycles. The Morgan fingerprint density at radius 2 is 1.54 bits per heavy atom. The van der Waals surface area contributed by atoms with E-state index in [1.54, 1.807) is 24.3 Å². The SMILES string of the molecule is CCNCC.F.Oc1ccccc1. The maximum atomic E-state index is 8.63. The fourth-order valence-electron chi connectivity index (χ4n) is 0.678. The quantitative estimate of drug-likeness (QED) is 0.743. The molecule has 0 amide bonds. The molecule has 2 nitrogen and oxygen atoms in total. The van der Waals surface area contributed by atoms with Gasteiger partial charge in [-0.3, -0.25) is 4.70 Å². The summed E-state index contributed by atoms with van der Waals surface area (Å²) < 4.78 is 0. The molecule has 1 rings (SSSR count). The minimum Gasteiger partial charge on any atom is -0.508 e. The molecule has 13 heavy (non-hydrogen) atoms. The minimum atomic E-state index is 0. The molecule has 0 aliphatic rings. The van der Waals surface area contributed by atoms with Gasteiger partial charge in [0.1, 0.15) is 5.75 Å². The van der Waals surface area contributed by atoms with Crippen molar-refractivity contribution in [3.63, 3.8) is 0 Å². The van der Waals surface area contributed by atoms with E-state index in [9.17, 15) is 0 Å². The summed E-state index contributed by atoms with van der Waals surface area (Å²) in [5.74, 6) is 0.322. The summed E-state index contributed by atoms with van der Waals surface area (Å²) in [6, 6.07) is 8.71. The zero-order chi connectivity index (χ0) is 9.23. The monoisotopic (exact) mass is 187 g/mol. The van der Waals surface area contributed by atoms with Crippen LogP contribution in [0.15, 0.2) is 30.3 Å².